The first-order chi connectivity index (χ1) is 16.0. The molecule has 2 heterocycles. The van der Waals surface area contributed by atoms with Gasteiger partial charge in [-0.2, -0.15) is 0 Å². The Morgan fingerprint density at radius 2 is 1.91 bits per heavy atom. The molecule has 33 heavy (non-hydrogen) atoms. The lowest BCUT2D eigenvalue weighted by Crippen LogP contribution is -2.47. The third kappa shape index (κ3) is 4.71. The zero-order chi connectivity index (χ0) is 23.4. The first kappa shape index (κ1) is 22.8. The molecule has 0 radical (unpaired) electrons. The second-order valence-corrected chi connectivity index (χ2v) is 9.10. The summed E-state index contributed by atoms with van der Waals surface area (Å²) in [7, 11) is 1.59. The van der Waals surface area contributed by atoms with Crippen molar-refractivity contribution in [1.82, 2.24) is 9.80 Å². The average Bonchev–Trinajstić information content (AvgIpc) is 3.32. The summed E-state index contributed by atoms with van der Waals surface area (Å²) < 4.78 is 5.19. The molecule has 170 valence electrons. The molecule has 0 bridgehead atoms. The third-order valence-electron chi connectivity index (χ3n) is 6.07. The normalized spacial score (nSPS) is 15.0. The zero-order valence-electron chi connectivity index (χ0n) is 19.0. The van der Waals surface area contributed by atoms with Gasteiger partial charge in [0.05, 0.1) is 13.2 Å². The van der Waals surface area contributed by atoms with Gasteiger partial charge in [0, 0.05) is 23.5 Å². The first-order valence-electron chi connectivity index (χ1n) is 11.0. The van der Waals surface area contributed by atoms with Crippen LogP contribution in [0.1, 0.15) is 38.0 Å². The fourth-order valence-electron chi connectivity index (χ4n) is 4.36. The average molecular weight is 461 g/mol. The molecule has 5 nitrogen and oxygen atoms in total. The Morgan fingerprint density at radius 1 is 1.15 bits per heavy atom. The summed E-state index contributed by atoms with van der Waals surface area (Å²) in [4.78, 5) is 31.6. The van der Waals surface area contributed by atoms with E-state index in [1.807, 2.05) is 17.0 Å². The zero-order valence-corrected chi connectivity index (χ0v) is 19.8. The standard InChI is InChI=1S/C27H28N2O3S/c1-4-15-28(27(31)20-9-11-21(32-3)12-10-20)18-25(30)29-16-13-24-23(14-17-33-24)26(29)22-8-6-5-7-19(22)2/h4-12,14,17,26H,1,13,15-16,18H2,2-3H3. The molecule has 0 N–H and O–H groups in total. The molecular formula is C27H28N2O3S. The lowest BCUT2D eigenvalue weighted by atomic mass is 9.90. The quantitative estimate of drug-likeness (QED) is 0.473. The molecule has 3 aromatic rings. The summed E-state index contributed by atoms with van der Waals surface area (Å²) in [6.07, 6.45) is 2.48. The van der Waals surface area contributed by atoms with Gasteiger partial charge >= 0.3 is 0 Å². The van der Waals surface area contributed by atoms with Gasteiger partial charge in [-0.15, -0.1) is 17.9 Å². The number of ether oxygens (including phenoxy) is 1. The Labute approximate surface area is 198 Å². The number of methoxy groups -OCH3 is 1. The number of rotatable bonds is 7. The number of benzene rings is 2. The highest BCUT2D eigenvalue weighted by Gasteiger charge is 2.34. The summed E-state index contributed by atoms with van der Waals surface area (Å²) >= 11 is 1.74. The minimum atomic E-state index is -0.202. The molecule has 1 atom stereocenters. The summed E-state index contributed by atoms with van der Waals surface area (Å²) in [5.41, 5.74) is 3.98. The summed E-state index contributed by atoms with van der Waals surface area (Å²) in [6, 6.07) is 17.1. The summed E-state index contributed by atoms with van der Waals surface area (Å²) in [5.74, 6) is 0.411. The fraction of sp³-hybridized carbons (Fsp3) is 0.259. The van der Waals surface area contributed by atoms with Crippen LogP contribution < -0.4 is 4.74 Å². The van der Waals surface area contributed by atoms with Gasteiger partial charge in [0.15, 0.2) is 0 Å². The maximum Gasteiger partial charge on any atom is 0.254 e. The maximum absolute atomic E-state index is 13.6. The third-order valence-corrected chi connectivity index (χ3v) is 7.07. The first-order valence-corrected chi connectivity index (χ1v) is 11.9. The molecule has 0 spiro atoms. The highest BCUT2D eigenvalue weighted by atomic mass is 32.1. The Balaban J connectivity index is 1.61. The van der Waals surface area contributed by atoms with Crippen LogP contribution in [-0.2, 0) is 11.2 Å². The van der Waals surface area contributed by atoms with Crippen molar-refractivity contribution >= 4 is 23.2 Å². The topological polar surface area (TPSA) is 49.9 Å². The van der Waals surface area contributed by atoms with Crippen LogP contribution in [0.3, 0.4) is 0 Å². The van der Waals surface area contributed by atoms with Crippen LogP contribution in [0.25, 0.3) is 0 Å². The van der Waals surface area contributed by atoms with Gasteiger partial charge in [0.2, 0.25) is 5.91 Å². The number of hydrogen-bond acceptors (Lipinski definition) is 4. The largest absolute Gasteiger partial charge is 0.497 e. The van der Waals surface area contributed by atoms with Gasteiger partial charge in [0.25, 0.3) is 5.91 Å². The van der Waals surface area contributed by atoms with Crippen LogP contribution in [-0.4, -0.2) is 48.4 Å². The minimum absolute atomic E-state index is 0.00126. The predicted octanol–water partition coefficient (Wildman–Crippen LogP) is 4.87. The Hall–Kier alpha value is -3.38. The number of aryl methyl sites for hydroxylation is 1. The van der Waals surface area contributed by atoms with Crippen LogP contribution in [0.4, 0.5) is 0 Å². The fourth-order valence-corrected chi connectivity index (χ4v) is 5.26. The van der Waals surface area contributed by atoms with Crippen molar-refractivity contribution in [2.24, 2.45) is 0 Å². The Bertz CT molecular complexity index is 1150. The monoisotopic (exact) mass is 460 g/mol. The van der Waals surface area contributed by atoms with E-state index >= 15 is 0 Å². The molecule has 4 rings (SSSR count). The highest BCUT2D eigenvalue weighted by Crippen LogP contribution is 2.39. The smallest absolute Gasteiger partial charge is 0.254 e. The predicted molar refractivity (Wildman–Crippen MR) is 132 cm³/mol. The molecule has 0 saturated heterocycles. The van der Waals surface area contributed by atoms with E-state index in [-0.39, 0.29) is 24.4 Å². The van der Waals surface area contributed by atoms with Crippen molar-refractivity contribution in [2.45, 2.75) is 19.4 Å². The summed E-state index contributed by atoms with van der Waals surface area (Å²) in [5, 5.41) is 2.10. The number of carbonyl (C=O) groups is 2. The van der Waals surface area contributed by atoms with Crippen LogP contribution in [0.5, 0.6) is 5.75 Å². The minimum Gasteiger partial charge on any atom is -0.497 e. The van der Waals surface area contributed by atoms with Crippen LogP contribution in [0, 0.1) is 6.92 Å². The van der Waals surface area contributed by atoms with E-state index in [0.717, 1.165) is 17.5 Å². The molecule has 0 aliphatic carbocycles. The van der Waals surface area contributed by atoms with Crippen LogP contribution in [0.2, 0.25) is 0 Å². The lowest BCUT2D eigenvalue weighted by molar-refractivity contribution is -0.133. The van der Waals surface area contributed by atoms with Crippen molar-refractivity contribution < 1.29 is 14.3 Å². The molecule has 6 heteroatoms. The molecule has 1 aromatic heterocycles. The van der Waals surface area contributed by atoms with E-state index < -0.39 is 0 Å². The number of amides is 2. The number of nitrogens with zero attached hydrogens (tertiary/aromatic N) is 2. The second kappa shape index (κ2) is 10.0. The second-order valence-electron chi connectivity index (χ2n) is 8.10. The number of hydrogen-bond donors (Lipinski definition) is 0. The maximum atomic E-state index is 13.6. The van der Waals surface area contributed by atoms with E-state index in [2.05, 4.69) is 37.1 Å². The number of carbonyl (C=O) groups excluding carboxylic acids is 2. The van der Waals surface area contributed by atoms with Crippen molar-refractivity contribution in [3.8, 4) is 5.75 Å². The Kier molecular flexibility index (Phi) is 6.94. The molecule has 1 aliphatic rings. The van der Waals surface area contributed by atoms with Gasteiger partial charge in [-0.25, -0.2) is 0 Å². The van der Waals surface area contributed by atoms with E-state index in [9.17, 15) is 9.59 Å². The molecular weight excluding hydrogens is 432 g/mol. The van der Waals surface area contributed by atoms with Gasteiger partial charge in [-0.3, -0.25) is 9.59 Å². The number of fused-ring (bicyclic) bond motifs is 1. The molecule has 0 saturated carbocycles. The van der Waals surface area contributed by atoms with E-state index in [1.54, 1.807) is 53.7 Å². The Morgan fingerprint density at radius 3 is 2.61 bits per heavy atom. The van der Waals surface area contributed by atoms with Crippen molar-refractivity contribution in [3.63, 3.8) is 0 Å². The highest BCUT2D eigenvalue weighted by molar-refractivity contribution is 7.10. The van der Waals surface area contributed by atoms with Gasteiger partial charge in [-0.1, -0.05) is 30.3 Å². The van der Waals surface area contributed by atoms with Crippen LogP contribution in [0.15, 0.2) is 72.6 Å². The molecule has 1 aliphatic heterocycles. The van der Waals surface area contributed by atoms with Crippen molar-refractivity contribution in [3.05, 3.63) is 99.8 Å². The lowest BCUT2D eigenvalue weighted by Gasteiger charge is -2.38. The molecule has 2 amide bonds. The van der Waals surface area contributed by atoms with Gasteiger partial charge in [0.1, 0.15) is 12.3 Å². The molecule has 2 aromatic carbocycles. The SMILES string of the molecule is C=CCN(CC(=O)N1CCc2sccc2C1c1ccccc1C)C(=O)c1ccc(OC)cc1. The van der Waals surface area contributed by atoms with Gasteiger partial charge in [-0.05, 0) is 65.7 Å². The van der Waals surface area contributed by atoms with Crippen molar-refractivity contribution in [1.29, 1.82) is 0 Å². The molecule has 1 unspecified atom stereocenters. The van der Waals surface area contributed by atoms with E-state index in [0.29, 0.717) is 24.4 Å². The van der Waals surface area contributed by atoms with Gasteiger partial charge < -0.3 is 14.5 Å². The number of thiophene rings is 1. The van der Waals surface area contributed by atoms with E-state index in [4.69, 9.17) is 4.74 Å². The van der Waals surface area contributed by atoms with Crippen LogP contribution >= 0.6 is 11.3 Å². The van der Waals surface area contributed by atoms with E-state index in [1.165, 1.54) is 10.4 Å². The molecule has 0 fully saturated rings. The van der Waals surface area contributed by atoms with Crippen molar-refractivity contribution in [2.75, 3.05) is 26.7 Å². The summed E-state index contributed by atoms with van der Waals surface area (Å²) in [6.45, 7) is 6.79.